The summed E-state index contributed by atoms with van der Waals surface area (Å²) in [4.78, 5) is 32.8. The molecule has 4 rings (SSSR count). The molecule has 2 aromatic carbocycles. The first kappa shape index (κ1) is 23.8. The van der Waals surface area contributed by atoms with Crippen LogP contribution in [-0.2, 0) is 10.5 Å². The number of aromatic amines is 1. The van der Waals surface area contributed by atoms with Gasteiger partial charge in [0, 0.05) is 18.1 Å². The fraction of sp³-hybridized carbons (Fsp3) is 0.320. The Morgan fingerprint density at radius 1 is 1.18 bits per heavy atom. The van der Waals surface area contributed by atoms with Crippen molar-refractivity contribution in [3.8, 4) is 11.5 Å². The number of methoxy groups -OCH3 is 1. The van der Waals surface area contributed by atoms with E-state index in [4.69, 9.17) is 9.47 Å². The van der Waals surface area contributed by atoms with E-state index < -0.39 is 5.92 Å². The molecule has 34 heavy (non-hydrogen) atoms. The van der Waals surface area contributed by atoms with Gasteiger partial charge in [-0.05, 0) is 35.2 Å². The molecule has 0 saturated heterocycles. The van der Waals surface area contributed by atoms with Crippen molar-refractivity contribution in [2.45, 2.75) is 37.1 Å². The van der Waals surface area contributed by atoms with E-state index in [1.807, 2.05) is 6.07 Å². The number of hydrogen-bond donors (Lipinski definition) is 2. The molecule has 0 saturated carbocycles. The Bertz CT molecular complexity index is 1260. The van der Waals surface area contributed by atoms with E-state index in [-0.39, 0.29) is 29.5 Å². The third-order valence-electron chi connectivity index (χ3n) is 5.41. The molecule has 2 heterocycles. The van der Waals surface area contributed by atoms with Gasteiger partial charge in [-0.2, -0.15) is 0 Å². The van der Waals surface area contributed by atoms with Gasteiger partial charge in [0.15, 0.2) is 16.7 Å². The van der Waals surface area contributed by atoms with Gasteiger partial charge in [-0.25, -0.2) is 9.37 Å². The number of carbonyl (C=O) groups is 1. The Morgan fingerprint density at radius 2 is 1.97 bits per heavy atom. The number of nitrogens with one attached hydrogen (secondary N) is 2. The Morgan fingerprint density at radius 3 is 2.71 bits per heavy atom. The fourth-order valence-corrected chi connectivity index (χ4v) is 4.59. The minimum absolute atomic E-state index is 0.106. The van der Waals surface area contributed by atoms with Crippen molar-refractivity contribution < 1.29 is 18.7 Å². The number of thioether (sulfide) groups is 1. The maximum absolute atomic E-state index is 13.9. The molecular weight excluding hydrogens is 457 g/mol. The molecule has 0 radical (unpaired) electrons. The summed E-state index contributed by atoms with van der Waals surface area (Å²) in [6.45, 7) is 4.66. The molecule has 0 bridgehead atoms. The number of aromatic nitrogens is 2. The van der Waals surface area contributed by atoms with E-state index >= 15 is 0 Å². The minimum atomic E-state index is -0.487. The summed E-state index contributed by atoms with van der Waals surface area (Å²) in [6, 6.07) is 11.9. The van der Waals surface area contributed by atoms with Gasteiger partial charge in [-0.3, -0.25) is 9.59 Å². The molecule has 178 valence electrons. The lowest BCUT2D eigenvalue weighted by Crippen LogP contribution is -2.31. The normalized spacial score (nSPS) is 15.1. The van der Waals surface area contributed by atoms with Crippen LogP contribution in [0.15, 0.2) is 52.4 Å². The van der Waals surface area contributed by atoms with Gasteiger partial charge in [0.2, 0.25) is 5.91 Å². The van der Waals surface area contributed by atoms with Gasteiger partial charge in [0.1, 0.15) is 11.6 Å². The first-order valence-electron chi connectivity index (χ1n) is 11.0. The van der Waals surface area contributed by atoms with Crippen molar-refractivity contribution in [3.05, 3.63) is 75.3 Å². The number of rotatable bonds is 8. The molecule has 1 aromatic heterocycles. The molecule has 3 aromatic rings. The number of benzene rings is 2. The van der Waals surface area contributed by atoms with Gasteiger partial charge in [-0.1, -0.05) is 49.9 Å². The van der Waals surface area contributed by atoms with Crippen molar-refractivity contribution in [3.63, 3.8) is 0 Å². The minimum Gasteiger partial charge on any atom is -0.493 e. The first-order valence-corrected chi connectivity index (χ1v) is 11.9. The number of fused-ring (bicyclic) bond motifs is 1. The van der Waals surface area contributed by atoms with Crippen LogP contribution in [-0.4, -0.2) is 29.6 Å². The van der Waals surface area contributed by atoms with E-state index in [0.717, 1.165) is 5.56 Å². The first-order chi connectivity index (χ1) is 16.4. The lowest BCUT2D eigenvalue weighted by molar-refractivity contribution is -0.116. The summed E-state index contributed by atoms with van der Waals surface area (Å²) in [5, 5.41) is 3.02. The van der Waals surface area contributed by atoms with Crippen molar-refractivity contribution in [1.82, 2.24) is 9.97 Å². The van der Waals surface area contributed by atoms with Crippen LogP contribution in [0.5, 0.6) is 11.5 Å². The summed E-state index contributed by atoms with van der Waals surface area (Å²) >= 11 is 1.19. The maximum Gasteiger partial charge on any atom is 0.257 e. The number of anilines is 1. The van der Waals surface area contributed by atoms with E-state index in [9.17, 15) is 14.0 Å². The van der Waals surface area contributed by atoms with E-state index in [2.05, 4.69) is 29.1 Å². The van der Waals surface area contributed by atoms with Gasteiger partial charge < -0.3 is 19.8 Å². The Labute approximate surface area is 201 Å². The third-order valence-corrected chi connectivity index (χ3v) is 6.34. The molecule has 1 amide bonds. The highest BCUT2D eigenvalue weighted by Gasteiger charge is 2.31. The van der Waals surface area contributed by atoms with Crippen molar-refractivity contribution in [2.75, 3.05) is 19.0 Å². The SMILES string of the molecule is COc1cc([C@H]2CC(=O)Nc3nc(SCc4ccccc4F)[nH]c(=O)c32)ccc1OCC(C)C. The zero-order valence-corrected chi connectivity index (χ0v) is 20.0. The second-order valence-corrected chi connectivity index (χ2v) is 9.40. The van der Waals surface area contributed by atoms with Gasteiger partial charge >= 0.3 is 0 Å². The molecule has 1 atom stereocenters. The average molecular weight is 484 g/mol. The predicted molar refractivity (Wildman–Crippen MR) is 129 cm³/mol. The van der Waals surface area contributed by atoms with Crippen molar-refractivity contribution >= 4 is 23.5 Å². The van der Waals surface area contributed by atoms with Crippen molar-refractivity contribution in [1.29, 1.82) is 0 Å². The fourth-order valence-electron chi connectivity index (χ4n) is 3.74. The van der Waals surface area contributed by atoms with Crippen LogP contribution in [0, 0.1) is 11.7 Å². The highest BCUT2D eigenvalue weighted by atomic mass is 32.2. The number of halogens is 1. The molecule has 0 fully saturated rings. The van der Waals surface area contributed by atoms with Crippen LogP contribution in [0.1, 0.15) is 42.9 Å². The van der Waals surface area contributed by atoms with Crippen LogP contribution >= 0.6 is 11.8 Å². The summed E-state index contributed by atoms with van der Waals surface area (Å²) in [6.07, 6.45) is 0.106. The van der Waals surface area contributed by atoms with Crippen molar-refractivity contribution in [2.24, 2.45) is 5.92 Å². The summed E-state index contributed by atoms with van der Waals surface area (Å²) in [5.74, 6) is 0.964. The van der Waals surface area contributed by atoms with Gasteiger partial charge in [0.05, 0.1) is 19.3 Å². The highest BCUT2D eigenvalue weighted by Crippen LogP contribution is 2.38. The van der Waals surface area contributed by atoms with Gasteiger partial charge in [-0.15, -0.1) is 0 Å². The van der Waals surface area contributed by atoms with Crippen LogP contribution in [0.4, 0.5) is 10.2 Å². The monoisotopic (exact) mass is 483 g/mol. The third kappa shape index (κ3) is 5.25. The number of amides is 1. The zero-order valence-electron chi connectivity index (χ0n) is 19.2. The lowest BCUT2D eigenvalue weighted by atomic mass is 9.86. The second-order valence-electron chi connectivity index (χ2n) is 8.43. The highest BCUT2D eigenvalue weighted by molar-refractivity contribution is 7.98. The molecule has 1 aliphatic heterocycles. The molecule has 1 aliphatic rings. The number of carbonyl (C=O) groups excluding carboxylic acids is 1. The Hall–Kier alpha value is -3.33. The van der Waals surface area contributed by atoms with E-state index in [0.29, 0.717) is 46.1 Å². The number of nitrogens with zero attached hydrogens (tertiary/aromatic N) is 1. The van der Waals surface area contributed by atoms with Crippen LogP contribution < -0.4 is 20.3 Å². The van der Waals surface area contributed by atoms with Crippen LogP contribution in [0.2, 0.25) is 0 Å². The lowest BCUT2D eigenvalue weighted by Gasteiger charge is -2.25. The van der Waals surface area contributed by atoms with Crippen LogP contribution in [0.3, 0.4) is 0 Å². The smallest absolute Gasteiger partial charge is 0.257 e. The predicted octanol–water partition coefficient (Wildman–Crippen LogP) is 4.72. The number of hydrogen-bond acceptors (Lipinski definition) is 6. The summed E-state index contributed by atoms with van der Waals surface area (Å²) in [5.41, 5.74) is 1.29. The topological polar surface area (TPSA) is 93.3 Å². The quantitative estimate of drug-likeness (QED) is 0.356. The van der Waals surface area contributed by atoms with E-state index in [1.165, 1.54) is 17.8 Å². The van der Waals surface area contributed by atoms with Crippen LogP contribution in [0.25, 0.3) is 0 Å². The Balaban J connectivity index is 1.63. The molecule has 2 N–H and O–H groups in total. The molecule has 0 aliphatic carbocycles. The average Bonchev–Trinajstić information content (AvgIpc) is 2.81. The number of H-pyrrole nitrogens is 1. The number of ether oxygens (including phenoxy) is 2. The standard InChI is InChI=1S/C25H26FN3O4S/c1-14(2)12-33-19-9-8-15(10-20(19)32-3)17-11-21(30)27-23-22(17)24(31)29-25(28-23)34-13-16-6-4-5-7-18(16)26/h4-10,14,17H,11-13H2,1-3H3,(H2,27,28,29,30,31)/t17-/m1/s1. The summed E-state index contributed by atoms with van der Waals surface area (Å²) in [7, 11) is 1.55. The second kappa shape index (κ2) is 10.3. The maximum atomic E-state index is 13.9. The van der Waals surface area contributed by atoms with Gasteiger partial charge in [0.25, 0.3) is 5.56 Å². The van der Waals surface area contributed by atoms with E-state index in [1.54, 1.807) is 37.4 Å². The zero-order chi connectivity index (χ0) is 24.2. The summed E-state index contributed by atoms with van der Waals surface area (Å²) < 4.78 is 25.2. The largest absolute Gasteiger partial charge is 0.493 e. The molecule has 0 spiro atoms. The molecule has 9 heteroatoms. The Kier molecular flexibility index (Phi) is 7.21. The molecular formula is C25H26FN3O4S. The molecule has 7 nitrogen and oxygen atoms in total. The molecule has 0 unspecified atom stereocenters.